The van der Waals surface area contributed by atoms with E-state index in [9.17, 15) is 4.79 Å². The highest BCUT2D eigenvalue weighted by atomic mass is 32.2. The van der Waals surface area contributed by atoms with Crippen LogP contribution in [-0.2, 0) is 4.79 Å². The Bertz CT molecular complexity index is 651. The first-order chi connectivity index (χ1) is 11.2. The molecule has 0 aromatic carbocycles. The average Bonchev–Trinajstić information content (AvgIpc) is 3.15. The van der Waals surface area contributed by atoms with Gasteiger partial charge >= 0.3 is 0 Å². The van der Waals surface area contributed by atoms with Crippen molar-refractivity contribution in [3.05, 3.63) is 11.1 Å². The van der Waals surface area contributed by atoms with Gasteiger partial charge in [0.2, 0.25) is 11.0 Å². The number of carbonyl (C=O) groups is 1. The Morgan fingerprint density at radius 1 is 1.30 bits per heavy atom. The van der Waals surface area contributed by atoms with Crippen LogP contribution in [0.3, 0.4) is 0 Å². The van der Waals surface area contributed by atoms with Crippen molar-refractivity contribution < 1.29 is 4.79 Å². The van der Waals surface area contributed by atoms with E-state index in [-0.39, 0.29) is 5.91 Å². The molecule has 0 radical (unpaired) electrons. The van der Waals surface area contributed by atoms with Crippen LogP contribution in [0.15, 0.2) is 14.1 Å². The molecule has 23 heavy (non-hydrogen) atoms. The number of nitrogens with one attached hydrogen (secondary N) is 1. The van der Waals surface area contributed by atoms with Crippen LogP contribution in [0.4, 0.5) is 5.13 Å². The van der Waals surface area contributed by atoms with Gasteiger partial charge in [-0.25, -0.2) is 4.98 Å². The predicted octanol–water partition coefficient (Wildman–Crippen LogP) is 4.46. The topological polar surface area (TPSA) is 67.8 Å². The van der Waals surface area contributed by atoms with Crippen LogP contribution < -0.4 is 5.32 Å². The molecule has 1 fully saturated rings. The maximum atomic E-state index is 12.0. The van der Waals surface area contributed by atoms with Crippen LogP contribution in [0.2, 0.25) is 0 Å². The molecule has 0 saturated heterocycles. The fraction of sp³-hybridized carbons (Fsp3) is 0.571. The summed E-state index contributed by atoms with van der Waals surface area (Å²) in [5.74, 6) is 0.283. The largest absolute Gasteiger partial charge is 0.300 e. The van der Waals surface area contributed by atoms with Crippen LogP contribution >= 0.6 is 46.2 Å². The maximum Gasteiger partial charge on any atom is 0.236 e. The number of nitrogens with zero attached hydrogens (tertiary/aromatic N) is 3. The van der Waals surface area contributed by atoms with Crippen molar-refractivity contribution in [2.24, 2.45) is 0 Å². The minimum absolute atomic E-state index is 0.0618. The highest BCUT2D eigenvalue weighted by molar-refractivity contribution is 8.02. The van der Waals surface area contributed by atoms with E-state index >= 15 is 0 Å². The SMILES string of the molecule is Cc1csc(SCC(=O)Nc2nnc(SC3CCCCC3)s2)n1. The lowest BCUT2D eigenvalue weighted by Crippen LogP contribution is -2.13. The summed E-state index contributed by atoms with van der Waals surface area (Å²) < 4.78 is 1.87. The van der Waals surface area contributed by atoms with Gasteiger partial charge in [-0.3, -0.25) is 10.1 Å². The number of carbonyl (C=O) groups excluding carboxylic acids is 1. The molecular formula is C14H18N4OS4. The van der Waals surface area contributed by atoms with Gasteiger partial charge < -0.3 is 0 Å². The molecule has 0 spiro atoms. The van der Waals surface area contributed by atoms with E-state index in [0.717, 1.165) is 14.4 Å². The first kappa shape index (κ1) is 17.2. The zero-order chi connectivity index (χ0) is 16.1. The number of thioether (sulfide) groups is 2. The van der Waals surface area contributed by atoms with E-state index in [1.54, 1.807) is 23.1 Å². The van der Waals surface area contributed by atoms with Gasteiger partial charge in [-0.2, -0.15) is 0 Å². The number of anilines is 1. The number of hydrogen-bond donors (Lipinski definition) is 1. The Labute approximate surface area is 152 Å². The fourth-order valence-electron chi connectivity index (χ4n) is 2.31. The molecule has 3 rings (SSSR count). The van der Waals surface area contributed by atoms with Crippen LogP contribution in [0.5, 0.6) is 0 Å². The van der Waals surface area contributed by atoms with Gasteiger partial charge in [-0.15, -0.1) is 21.5 Å². The third kappa shape index (κ3) is 5.44. The summed E-state index contributed by atoms with van der Waals surface area (Å²) in [4.78, 5) is 16.3. The minimum atomic E-state index is -0.0618. The molecule has 124 valence electrons. The monoisotopic (exact) mass is 386 g/mol. The molecule has 5 nitrogen and oxygen atoms in total. The smallest absolute Gasteiger partial charge is 0.236 e. The molecular weight excluding hydrogens is 368 g/mol. The van der Waals surface area contributed by atoms with Crippen LogP contribution in [0.1, 0.15) is 37.8 Å². The van der Waals surface area contributed by atoms with Crippen molar-refractivity contribution in [3.63, 3.8) is 0 Å². The van der Waals surface area contributed by atoms with Gasteiger partial charge in [0.1, 0.15) is 0 Å². The van der Waals surface area contributed by atoms with E-state index in [2.05, 4.69) is 20.5 Å². The van der Waals surface area contributed by atoms with Gasteiger partial charge in [0.15, 0.2) is 8.68 Å². The van der Waals surface area contributed by atoms with Crippen molar-refractivity contribution in [1.29, 1.82) is 0 Å². The number of amides is 1. The van der Waals surface area contributed by atoms with Gasteiger partial charge in [0, 0.05) is 16.3 Å². The lowest BCUT2D eigenvalue weighted by molar-refractivity contribution is -0.113. The van der Waals surface area contributed by atoms with E-state index in [1.807, 2.05) is 12.3 Å². The number of aryl methyl sites for hydroxylation is 1. The number of hydrogen-bond acceptors (Lipinski definition) is 8. The molecule has 2 heterocycles. The van der Waals surface area contributed by atoms with E-state index < -0.39 is 0 Å². The van der Waals surface area contributed by atoms with Crippen LogP contribution in [0, 0.1) is 6.92 Å². The van der Waals surface area contributed by atoms with Gasteiger partial charge in [0.05, 0.1) is 5.75 Å². The molecule has 1 amide bonds. The highest BCUT2D eigenvalue weighted by Crippen LogP contribution is 2.36. The molecule has 0 atom stereocenters. The second-order valence-electron chi connectivity index (χ2n) is 5.34. The predicted molar refractivity (Wildman–Crippen MR) is 98.8 cm³/mol. The Morgan fingerprint density at radius 3 is 2.87 bits per heavy atom. The van der Waals surface area contributed by atoms with Gasteiger partial charge in [0.25, 0.3) is 0 Å². The minimum Gasteiger partial charge on any atom is -0.300 e. The van der Waals surface area contributed by atoms with Gasteiger partial charge in [-0.05, 0) is 19.8 Å². The standard InChI is InChI=1S/C14H18N4OS4/c1-9-7-20-13(15-9)21-8-11(19)16-12-17-18-14(23-12)22-10-5-3-2-4-6-10/h7,10H,2-6,8H2,1H3,(H,16,17,19). The first-order valence-electron chi connectivity index (χ1n) is 7.54. The molecule has 2 aromatic heterocycles. The average molecular weight is 387 g/mol. The van der Waals surface area contributed by atoms with Crippen molar-refractivity contribution >= 4 is 57.2 Å². The Morgan fingerprint density at radius 2 is 2.13 bits per heavy atom. The van der Waals surface area contributed by atoms with Crippen molar-refractivity contribution in [2.75, 3.05) is 11.1 Å². The number of rotatable bonds is 6. The van der Waals surface area contributed by atoms with E-state index in [4.69, 9.17) is 0 Å². The summed E-state index contributed by atoms with van der Waals surface area (Å²) in [6, 6.07) is 0. The molecule has 1 N–H and O–H groups in total. The Balaban J connectivity index is 1.45. The zero-order valence-electron chi connectivity index (χ0n) is 12.8. The highest BCUT2D eigenvalue weighted by Gasteiger charge is 2.17. The lowest BCUT2D eigenvalue weighted by atomic mass is 10.0. The normalized spacial score (nSPS) is 15.7. The zero-order valence-corrected chi connectivity index (χ0v) is 16.0. The number of aromatic nitrogens is 3. The number of thiazole rings is 1. The third-order valence-electron chi connectivity index (χ3n) is 3.40. The summed E-state index contributed by atoms with van der Waals surface area (Å²) in [7, 11) is 0. The lowest BCUT2D eigenvalue weighted by Gasteiger charge is -2.19. The summed E-state index contributed by atoms with van der Waals surface area (Å²) in [5, 5.41) is 14.3. The molecule has 1 saturated carbocycles. The summed E-state index contributed by atoms with van der Waals surface area (Å²) >= 11 is 6.29. The summed E-state index contributed by atoms with van der Waals surface area (Å²) in [6.45, 7) is 1.95. The molecule has 0 unspecified atom stereocenters. The quantitative estimate of drug-likeness (QED) is 0.584. The van der Waals surface area contributed by atoms with Crippen molar-refractivity contribution in [1.82, 2.24) is 15.2 Å². The second kappa shape index (κ2) is 8.46. The Kier molecular flexibility index (Phi) is 6.32. The molecule has 1 aliphatic carbocycles. The van der Waals surface area contributed by atoms with Gasteiger partial charge in [-0.1, -0.05) is 54.1 Å². The molecule has 0 bridgehead atoms. The molecule has 0 aliphatic heterocycles. The van der Waals surface area contributed by atoms with Crippen LogP contribution in [0.25, 0.3) is 0 Å². The first-order valence-corrected chi connectivity index (χ1v) is 11.1. The van der Waals surface area contributed by atoms with E-state index in [1.165, 1.54) is 55.2 Å². The second-order valence-corrected chi connectivity index (χ2v) is 9.95. The summed E-state index contributed by atoms with van der Waals surface area (Å²) in [5.41, 5.74) is 0.992. The van der Waals surface area contributed by atoms with E-state index in [0.29, 0.717) is 16.1 Å². The summed E-state index contributed by atoms with van der Waals surface area (Å²) in [6.07, 6.45) is 6.50. The third-order valence-corrected chi connectivity index (χ3v) is 7.80. The Hall–Kier alpha value is -0.640. The fourth-order valence-corrected chi connectivity index (χ4v) is 6.24. The molecule has 9 heteroatoms. The van der Waals surface area contributed by atoms with Crippen molar-refractivity contribution in [2.45, 2.75) is 53.0 Å². The maximum absolute atomic E-state index is 12.0. The van der Waals surface area contributed by atoms with Crippen molar-refractivity contribution in [3.8, 4) is 0 Å². The van der Waals surface area contributed by atoms with Crippen LogP contribution in [-0.4, -0.2) is 32.1 Å². The molecule has 2 aromatic rings. The molecule has 1 aliphatic rings.